The van der Waals surface area contributed by atoms with Crippen molar-refractivity contribution in [3.05, 3.63) is 53.8 Å². The van der Waals surface area contributed by atoms with E-state index in [1.165, 1.54) is 25.1 Å². The molecule has 1 atom stereocenters. The van der Waals surface area contributed by atoms with Crippen LogP contribution in [0.3, 0.4) is 0 Å². The number of carbonyl (C=O) groups is 1. The molecule has 0 unspecified atom stereocenters. The highest BCUT2D eigenvalue weighted by molar-refractivity contribution is 5.95. The smallest absolute Gasteiger partial charge is 0.304 e. The van der Waals surface area contributed by atoms with Gasteiger partial charge in [-0.2, -0.15) is 0 Å². The van der Waals surface area contributed by atoms with Gasteiger partial charge in [-0.3, -0.25) is 4.79 Å². The second-order valence-electron chi connectivity index (χ2n) is 6.17. The molecule has 1 amide bonds. The molecule has 0 aliphatic rings. The van der Waals surface area contributed by atoms with E-state index in [-0.39, 0.29) is 17.3 Å². The van der Waals surface area contributed by atoms with Crippen molar-refractivity contribution >= 4 is 22.5 Å². The van der Waals surface area contributed by atoms with Crippen molar-refractivity contribution < 1.29 is 19.0 Å². The first-order valence-electron chi connectivity index (χ1n) is 8.61. The molecule has 0 saturated heterocycles. The Labute approximate surface area is 155 Å². The number of benzene rings is 2. The van der Waals surface area contributed by atoms with Gasteiger partial charge in [0.15, 0.2) is 23.4 Å². The SMILES string of the molecule is CCn1c(O)c(N=NC(=O)[C@H](C)Oc2ccccc2F)c2cc(C)ccc21. The van der Waals surface area contributed by atoms with Crippen LogP contribution in [-0.2, 0) is 11.3 Å². The molecule has 0 radical (unpaired) electrons. The lowest BCUT2D eigenvalue weighted by Crippen LogP contribution is -2.22. The van der Waals surface area contributed by atoms with Crippen molar-refractivity contribution in [3.8, 4) is 11.6 Å². The van der Waals surface area contributed by atoms with Crippen LogP contribution in [0.25, 0.3) is 10.9 Å². The molecule has 0 saturated carbocycles. The molecule has 0 spiro atoms. The standard InChI is InChI=1S/C20H20FN3O3/c1-4-24-16-10-9-12(2)11-14(16)18(20(24)26)22-23-19(25)13(3)27-17-8-6-5-7-15(17)21/h5-11,13,26H,4H2,1-3H3/t13-/m0/s1. The summed E-state index contributed by atoms with van der Waals surface area (Å²) in [6, 6.07) is 11.5. The minimum atomic E-state index is -1.02. The molecule has 7 heteroatoms. The van der Waals surface area contributed by atoms with Crippen LogP contribution in [0, 0.1) is 12.7 Å². The van der Waals surface area contributed by atoms with Gasteiger partial charge < -0.3 is 14.4 Å². The van der Waals surface area contributed by atoms with Gasteiger partial charge in [-0.1, -0.05) is 23.8 Å². The number of carbonyl (C=O) groups excluding carboxylic acids is 1. The molecule has 1 heterocycles. The first-order chi connectivity index (χ1) is 12.9. The second kappa shape index (κ2) is 7.57. The van der Waals surface area contributed by atoms with Gasteiger partial charge in [0, 0.05) is 11.9 Å². The van der Waals surface area contributed by atoms with E-state index in [2.05, 4.69) is 10.2 Å². The Hall–Kier alpha value is -3.22. The monoisotopic (exact) mass is 369 g/mol. The fourth-order valence-corrected chi connectivity index (χ4v) is 2.82. The summed E-state index contributed by atoms with van der Waals surface area (Å²) >= 11 is 0. The molecule has 6 nitrogen and oxygen atoms in total. The van der Waals surface area contributed by atoms with Gasteiger partial charge in [0.25, 0.3) is 0 Å². The van der Waals surface area contributed by atoms with E-state index in [4.69, 9.17) is 4.74 Å². The minimum absolute atomic E-state index is 0.0328. The molecule has 3 aromatic rings. The summed E-state index contributed by atoms with van der Waals surface area (Å²) in [5, 5.41) is 18.8. The van der Waals surface area contributed by atoms with E-state index in [1.807, 2.05) is 32.0 Å². The largest absolute Gasteiger partial charge is 0.493 e. The molecule has 0 aliphatic heterocycles. The summed E-state index contributed by atoms with van der Waals surface area (Å²) in [4.78, 5) is 12.2. The molecule has 0 aliphatic carbocycles. The van der Waals surface area contributed by atoms with Gasteiger partial charge in [0.2, 0.25) is 5.88 Å². The van der Waals surface area contributed by atoms with Crippen LogP contribution in [0.5, 0.6) is 11.6 Å². The zero-order valence-corrected chi connectivity index (χ0v) is 15.3. The van der Waals surface area contributed by atoms with Crippen molar-refractivity contribution in [2.45, 2.75) is 33.4 Å². The number of fused-ring (bicyclic) bond motifs is 1. The Balaban J connectivity index is 1.87. The molecule has 1 aromatic heterocycles. The van der Waals surface area contributed by atoms with Gasteiger partial charge in [-0.15, -0.1) is 10.2 Å². The quantitative estimate of drug-likeness (QED) is 0.651. The lowest BCUT2D eigenvalue weighted by molar-refractivity contribution is -0.124. The van der Waals surface area contributed by atoms with E-state index in [0.717, 1.165) is 11.1 Å². The summed E-state index contributed by atoms with van der Waals surface area (Å²) in [7, 11) is 0. The van der Waals surface area contributed by atoms with Crippen LogP contribution in [0.1, 0.15) is 19.4 Å². The maximum atomic E-state index is 13.6. The zero-order chi connectivity index (χ0) is 19.6. The Kier molecular flexibility index (Phi) is 5.21. The Morgan fingerprint density at radius 1 is 1.30 bits per heavy atom. The molecule has 3 rings (SSSR count). The number of hydrogen-bond acceptors (Lipinski definition) is 4. The van der Waals surface area contributed by atoms with Crippen molar-refractivity contribution in [1.29, 1.82) is 0 Å². The van der Waals surface area contributed by atoms with E-state index >= 15 is 0 Å². The Bertz CT molecular complexity index is 1030. The molecular formula is C20H20FN3O3. The van der Waals surface area contributed by atoms with E-state index in [1.54, 1.807) is 10.6 Å². The molecule has 27 heavy (non-hydrogen) atoms. The number of azo groups is 1. The van der Waals surface area contributed by atoms with Gasteiger partial charge >= 0.3 is 5.91 Å². The average Bonchev–Trinajstić information content (AvgIpc) is 2.91. The number of ether oxygens (including phenoxy) is 1. The van der Waals surface area contributed by atoms with Crippen molar-refractivity contribution in [1.82, 2.24) is 4.57 Å². The number of nitrogens with zero attached hydrogens (tertiary/aromatic N) is 3. The lowest BCUT2D eigenvalue weighted by Gasteiger charge is -2.11. The third kappa shape index (κ3) is 3.67. The van der Waals surface area contributed by atoms with Crippen molar-refractivity contribution in [2.24, 2.45) is 10.2 Å². The molecule has 0 fully saturated rings. The van der Waals surface area contributed by atoms with Crippen LogP contribution in [-0.4, -0.2) is 21.7 Å². The topological polar surface area (TPSA) is 76.2 Å². The number of hydrogen-bond donors (Lipinski definition) is 1. The number of aromatic nitrogens is 1. The van der Waals surface area contributed by atoms with Crippen LogP contribution in [0.2, 0.25) is 0 Å². The van der Waals surface area contributed by atoms with E-state index in [0.29, 0.717) is 11.9 Å². The van der Waals surface area contributed by atoms with Crippen molar-refractivity contribution in [3.63, 3.8) is 0 Å². The number of amides is 1. The highest BCUT2D eigenvalue weighted by Crippen LogP contribution is 2.39. The predicted molar refractivity (Wildman–Crippen MR) is 100 cm³/mol. The number of halogens is 1. The maximum absolute atomic E-state index is 13.6. The minimum Gasteiger partial charge on any atom is -0.493 e. The fraction of sp³-hybridized carbons (Fsp3) is 0.250. The lowest BCUT2D eigenvalue weighted by atomic mass is 10.1. The summed E-state index contributed by atoms with van der Waals surface area (Å²) in [6.45, 7) is 5.83. The van der Waals surface area contributed by atoms with Crippen molar-refractivity contribution in [2.75, 3.05) is 0 Å². The number of para-hydroxylation sites is 1. The van der Waals surface area contributed by atoms with Gasteiger partial charge in [-0.25, -0.2) is 4.39 Å². The molecule has 140 valence electrons. The van der Waals surface area contributed by atoms with Gasteiger partial charge in [0.05, 0.1) is 5.52 Å². The van der Waals surface area contributed by atoms with E-state index < -0.39 is 17.8 Å². The Morgan fingerprint density at radius 2 is 2.04 bits per heavy atom. The number of aryl methyl sites for hydroxylation is 2. The number of rotatable bonds is 5. The highest BCUT2D eigenvalue weighted by atomic mass is 19.1. The first-order valence-corrected chi connectivity index (χ1v) is 8.61. The maximum Gasteiger partial charge on any atom is 0.304 e. The van der Waals surface area contributed by atoms with Gasteiger partial charge in [0.1, 0.15) is 0 Å². The number of aromatic hydroxyl groups is 1. The summed E-state index contributed by atoms with van der Waals surface area (Å²) in [5.41, 5.74) is 2.02. The van der Waals surface area contributed by atoms with Crippen LogP contribution in [0.15, 0.2) is 52.7 Å². The van der Waals surface area contributed by atoms with Gasteiger partial charge in [-0.05, 0) is 45.0 Å². The highest BCUT2D eigenvalue weighted by Gasteiger charge is 2.19. The zero-order valence-electron chi connectivity index (χ0n) is 15.3. The molecule has 2 aromatic carbocycles. The van der Waals surface area contributed by atoms with Crippen LogP contribution >= 0.6 is 0 Å². The third-order valence-corrected chi connectivity index (χ3v) is 4.22. The summed E-state index contributed by atoms with van der Waals surface area (Å²) in [6.07, 6.45) is -1.02. The Morgan fingerprint density at radius 3 is 2.74 bits per heavy atom. The summed E-state index contributed by atoms with van der Waals surface area (Å²) < 4.78 is 20.6. The van der Waals surface area contributed by atoms with Crippen LogP contribution in [0.4, 0.5) is 10.1 Å². The third-order valence-electron chi connectivity index (χ3n) is 4.22. The molecule has 1 N–H and O–H groups in total. The molecular weight excluding hydrogens is 349 g/mol. The average molecular weight is 369 g/mol. The van der Waals surface area contributed by atoms with E-state index in [9.17, 15) is 14.3 Å². The second-order valence-corrected chi connectivity index (χ2v) is 6.17. The summed E-state index contributed by atoms with van der Waals surface area (Å²) in [5.74, 6) is -1.33. The normalized spacial score (nSPS) is 12.6. The van der Waals surface area contributed by atoms with Crippen LogP contribution < -0.4 is 4.74 Å². The molecule has 0 bridgehead atoms. The fourth-order valence-electron chi connectivity index (χ4n) is 2.82. The first kappa shape index (κ1) is 18.6. The predicted octanol–water partition coefficient (Wildman–Crippen LogP) is 4.89.